The van der Waals surface area contributed by atoms with Crippen molar-refractivity contribution in [2.75, 3.05) is 33.3 Å². The monoisotopic (exact) mass is 479 g/mol. The number of carbonyl (C=O) groups is 3. The van der Waals surface area contributed by atoms with Crippen molar-refractivity contribution in [3.63, 3.8) is 0 Å². The van der Waals surface area contributed by atoms with Crippen molar-refractivity contribution in [2.24, 2.45) is 11.8 Å². The van der Waals surface area contributed by atoms with Gasteiger partial charge in [0.15, 0.2) is 0 Å². The molecule has 1 aromatic rings. The van der Waals surface area contributed by atoms with E-state index in [0.29, 0.717) is 51.9 Å². The Morgan fingerprint density at radius 3 is 2.00 bits per heavy atom. The van der Waals surface area contributed by atoms with Crippen molar-refractivity contribution in [2.45, 2.75) is 50.5 Å². The number of aryl methyl sites for hydroxylation is 1. The molecule has 33 heavy (non-hydrogen) atoms. The molecular formula is C23H33N3O6S. The standard InChI is InChI=1S/C23H33N3O6S/c1-16-4-6-20(7-5-16)33(30,31)24-17(2)21(27)25-12-8-18(9-13-25)22(28)26-14-10-19(11-15-26)23(29)32-3/h4-7,17-19,24H,8-15H2,1-3H3/t17-/m0/s1. The van der Waals surface area contributed by atoms with Crippen LogP contribution < -0.4 is 4.72 Å². The largest absolute Gasteiger partial charge is 0.469 e. The first-order chi connectivity index (χ1) is 15.6. The highest BCUT2D eigenvalue weighted by Crippen LogP contribution is 2.25. The number of sulfonamides is 1. The third-order valence-corrected chi connectivity index (χ3v) is 8.09. The van der Waals surface area contributed by atoms with Crippen molar-refractivity contribution < 1.29 is 27.5 Å². The van der Waals surface area contributed by atoms with E-state index >= 15 is 0 Å². The van der Waals surface area contributed by atoms with Gasteiger partial charge in [-0.25, -0.2) is 8.42 Å². The second-order valence-corrected chi connectivity index (χ2v) is 10.6. The van der Waals surface area contributed by atoms with E-state index in [4.69, 9.17) is 4.74 Å². The maximum atomic E-state index is 12.9. The van der Waals surface area contributed by atoms with Crippen LogP contribution in [0.4, 0.5) is 0 Å². The second-order valence-electron chi connectivity index (χ2n) is 8.88. The van der Waals surface area contributed by atoms with Crippen LogP contribution in [0.5, 0.6) is 0 Å². The molecule has 0 radical (unpaired) electrons. The first-order valence-electron chi connectivity index (χ1n) is 11.4. The highest BCUT2D eigenvalue weighted by atomic mass is 32.2. The summed E-state index contributed by atoms with van der Waals surface area (Å²) in [6, 6.07) is 5.54. The van der Waals surface area contributed by atoms with E-state index in [1.807, 2.05) is 6.92 Å². The average Bonchev–Trinajstić information content (AvgIpc) is 2.82. The number of nitrogens with one attached hydrogen (secondary N) is 1. The number of likely N-dealkylation sites (tertiary alicyclic amines) is 2. The maximum absolute atomic E-state index is 12.9. The van der Waals surface area contributed by atoms with Gasteiger partial charge >= 0.3 is 5.97 Å². The number of esters is 1. The van der Waals surface area contributed by atoms with Crippen LogP contribution in [0, 0.1) is 18.8 Å². The predicted octanol–water partition coefficient (Wildman–Crippen LogP) is 1.31. The smallest absolute Gasteiger partial charge is 0.308 e. The topological polar surface area (TPSA) is 113 Å². The highest BCUT2D eigenvalue weighted by molar-refractivity contribution is 7.89. The van der Waals surface area contributed by atoms with Crippen LogP contribution >= 0.6 is 0 Å². The molecule has 10 heteroatoms. The van der Waals surface area contributed by atoms with Crippen molar-refractivity contribution >= 4 is 27.8 Å². The molecule has 0 unspecified atom stereocenters. The Morgan fingerprint density at radius 2 is 1.45 bits per heavy atom. The Bertz CT molecular complexity index is 962. The van der Waals surface area contributed by atoms with Gasteiger partial charge in [-0.15, -0.1) is 0 Å². The van der Waals surface area contributed by atoms with Gasteiger partial charge in [0.2, 0.25) is 21.8 Å². The van der Waals surface area contributed by atoms with Crippen LogP contribution in [-0.2, 0) is 29.1 Å². The number of rotatable bonds is 6. The Balaban J connectivity index is 1.49. The molecule has 2 amide bonds. The summed E-state index contributed by atoms with van der Waals surface area (Å²) in [7, 11) is -2.42. The maximum Gasteiger partial charge on any atom is 0.308 e. The van der Waals surface area contributed by atoms with Crippen LogP contribution in [0.3, 0.4) is 0 Å². The van der Waals surface area contributed by atoms with Gasteiger partial charge in [0.1, 0.15) is 0 Å². The molecule has 2 aliphatic rings. The summed E-state index contributed by atoms with van der Waals surface area (Å²) in [5, 5.41) is 0. The molecule has 182 valence electrons. The molecular weight excluding hydrogens is 446 g/mol. The molecule has 1 N–H and O–H groups in total. The lowest BCUT2D eigenvalue weighted by Crippen LogP contribution is -2.51. The van der Waals surface area contributed by atoms with E-state index in [0.717, 1.165) is 5.56 Å². The Hall–Kier alpha value is -2.46. The normalized spacial score (nSPS) is 19.2. The van der Waals surface area contributed by atoms with E-state index in [2.05, 4.69) is 4.72 Å². The molecule has 1 aromatic carbocycles. The Kier molecular flexibility index (Phi) is 8.12. The van der Waals surface area contributed by atoms with E-state index in [9.17, 15) is 22.8 Å². The summed E-state index contributed by atoms with van der Waals surface area (Å²) in [4.78, 5) is 40.9. The van der Waals surface area contributed by atoms with E-state index in [1.165, 1.54) is 26.2 Å². The van der Waals surface area contributed by atoms with Crippen molar-refractivity contribution in [1.29, 1.82) is 0 Å². The van der Waals surface area contributed by atoms with Gasteiger partial charge in [0, 0.05) is 32.1 Å². The van der Waals surface area contributed by atoms with E-state index in [1.54, 1.807) is 21.9 Å². The fraction of sp³-hybridized carbons (Fsp3) is 0.609. The van der Waals surface area contributed by atoms with Gasteiger partial charge in [-0.3, -0.25) is 14.4 Å². The fourth-order valence-electron chi connectivity index (χ4n) is 4.45. The third-order valence-electron chi connectivity index (χ3n) is 6.53. The van der Waals surface area contributed by atoms with Crippen LogP contribution in [0.2, 0.25) is 0 Å². The molecule has 0 aliphatic carbocycles. The number of methoxy groups -OCH3 is 1. The summed E-state index contributed by atoms with van der Waals surface area (Å²) >= 11 is 0. The lowest BCUT2D eigenvalue weighted by molar-refractivity contribution is -0.150. The van der Waals surface area contributed by atoms with Crippen LogP contribution in [-0.4, -0.2) is 75.3 Å². The van der Waals surface area contributed by atoms with E-state index < -0.39 is 16.1 Å². The molecule has 0 saturated carbocycles. The van der Waals surface area contributed by atoms with Gasteiger partial charge in [-0.2, -0.15) is 4.72 Å². The number of amides is 2. The molecule has 2 fully saturated rings. The summed E-state index contributed by atoms with van der Waals surface area (Å²) in [6.45, 7) is 5.30. The number of benzene rings is 1. The Labute approximate surface area is 195 Å². The minimum atomic E-state index is -3.80. The molecule has 0 bridgehead atoms. The molecule has 9 nitrogen and oxygen atoms in total. The molecule has 2 heterocycles. The molecule has 0 aromatic heterocycles. The summed E-state index contributed by atoms with van der Waals surface area (Å²) in [5.41, 5.74) is 0.948. The number of carbonyl (C=O) groups excluding carboxylic acids is 3. The van der Waals surface area contributed by atoms with Crippen molar-refractivity contribution in [1.82, 2.24) is 14.5 Å². The molecule has 2 aliphatic heterocycles. The quantitative estimate of drug-likeness (QED) is 0.616. The zero-order valence-corrected chi connectivity index (χ0v) is 20.3. The molecule has 2 saturated heterocycles. The first-order valence-corrected chi connectivity index (χ1v) is 12.8. The zero-order chi connectivity index (χ0) is 24.2. The minimum Gasteiger partial charge on any atom is -0.469 e. The molecule has 0 spiro atoms. The van der Waals surface area contributed by atoms with Crippen LogP contribution in [0.15, 0.2) is 29.2 Å². The SMILES string of the molecule is COC(=O)C1CCN(C(=O)C2CCN(C(=O)[C@H](C)NS(=O)(=O)c3ccc(C)cc3)CC2)CC1. The number of piperidine rings is 2. The highest BCUT2D eigenvalue weighted by Gasteiger charge is 2.35. The zero-order valence-electron chi connectivity index (χ0n) is 19.5. The van der Waals surface area contributed by atoms with Gasteiger partial charge in [-0.05, 0) is 51.7 Å². The third kappa shape index (κ3) is 6.11. The first kappa shape index (κ1) is 25.2. The predicted molar refractivity (Wildman–Crippen MR) is 122 cm³/mol. The van der Waals surface area contributed by atoms with Gasteiger partial charge in [-0.1, -0.05) is 17.7 Å². The number of nitrogens with zero attached hydrogens (tertiary/aromatic N) is 2. The van der Waals surface area contributed by atoms with Crippen LogP contribution in [0.25, 0.3) is 0 Å². The van der Waals surface area contributed by atoms with Crippen molar-refractivity contribution in [3.05, 3.63) is 29.8 Å². The van der Waals surface area contributed by atoms with Crippen LogP contribution in [0.1, 0.15) is 38.2 Å². The number of hydrogen-bond acceptors (Lipinski definition) is 6. The lowest BCUT2D eigenvalue weighted by Gasteiger charge is -2.37. The van der Waals surface area contributed by atoms with Gasteiger partial charge < -0.3 is 14.5 Å². The lowest BCUT2D eigenvalue weighted by atomic mass is 9.92. The average molecular weight is 480 g/mol. The summed E-state index contributed by atoms with van der Waals surface area (Å²) in [5.74, 6) is -0.762. The second kappa shape index (κ2) is 10.6. The fourth-order valence-corrected chi connectivity index (χ4v) is 5.65. The van der Waals surface area contributed by atoms with Crippen molar-refractivity contribution in [3.8, 4) is 0 Å². The van der Waals surface area contributed by atoms with Gasteiger partial charge in [0.05, 0.1) is 24.0 Å². The molecule has 1 atom stereocenters. The van der Waals surface area contributed by atoms with Gasteiger partial charge in [0.25, 0.3) is 0 Å². The Morgan fingerprint density at radius 1 is 0.939 bits per heavy atom. The molecule has 3 rings (SSSR count). The summed E-state index contributed by atoms with van der Waals surface area (Å²) < 4.78 is 32.4. The number of ether oxygens (including phenoxy) is 1. The summed E-state index contributed by atoms with van der Waals surface area (Å²) in [6.07, 6.45) is 2.29. The number of hydrogen-bond donors (Lipinski definition) is 1. The van der Waals surface area contributed by atoms with E-state index in [-0.39, 0.29) is 34.5 Å². The minimum absolute atomic E-state index is 0.0681.